The number of rotatable bonds is 1. The van der Waals surface area contributed by atoms with Gasteiger partial charge in [0.2, 0.25) is 0 Å². The minimum Gasteiger partial charge on any atom is -0.397 e. The average Bonchev–Trinajstić information content (AvgIpc) is 1.99. The van der Waals surface area contributed by atoms with Gasteiger partial charge in [-0.05, 0) is 18.4 Å². The van der Waals surface area contributed by atoms with Crippen molar-refractivity contribution in [3.05, 3.63) is 17.2 Å². The van der Waals surface area contributed by atoms with E-state index in [1.807, 2.05) is 18.4 Å². The molecule has 0 bridgehead atoms. The van der Waals surface area contributed by atoms with Crippen LogP contribution in [0.4, 0.5) is 11.4 Å². The van der Waals surface area contributed by atoms with Gasteiger partial charge in [0.05, 0.1) is 16.4 Å². The van der Waals surface area contributed by atoms with E-state index in [9.17, 15) is 0 Å². The first kappa shape index (κ1) is 8.56. The first-order valence-corrected chi connectivity index (χ1v) is 4.64. The van der Waals surface area contributed by atoms with Crippen molar-refractivity contribution in [3.8, 4) is 0 Å². The highest BCUT2D eigenvalue weighted by molar-refractivity contribution is 7.98. The Morgan fingerprint density at radius 1 is 1.27 bits per heavy atom. The molecule has 0 saturated carbocycles. The van der Waals surface area contributed by atoms with Crippen LogP contribution in [0.15, 0.2) is 17.0 Å². The van der Waals surface area contributed by atoms with Crippen molar-refractivity contribution in [2.45, 2.75) is 4.90 Å². The maximum Gasteiger partial charge on any atom is 0.0865 e. The Labute approximate surface area is 74.9 Å². The first-order valence-electron chi connectivity index (χ1n) is 3.03. The molecule has 4 heteroatoms. The summed E-state index contributed by atoms with van der Waals surface area (Å²) >= 11 is 7.33. The summed E-state index contributed by atoms with van der Waals surface area (Å²) in [4.78, 5) is 1.03. The molecule has 0 amide bonds. The quantitative estimate of drug-likeness (QED) is 0.525. The van der Waals surface area contributed by atoms with Crippen LogP contribution in [0.25, 0.3) is 0 Å². The zero-order valence-electron chi connectivity index (χ0n) is 6.10. The summed E-state index contributed by atoms with van der Waals surface area (Å²) in [5, 5.41) is 0.447. The first-order chi connectivity index (χ1) is 5.15. The lowest BCUT2D eigenvalue weighted by Gasteiger charge is -2.04. The van der Waals surface area contributed by atoms with Gasteiger partial charge in [-0.25, -0.2) is 0 Å². The molecule has 0 spiro atoms. The number of halogens is 1. The highest BCUT2D eigenvalue weighted by Gasteiger charge is 2.02. The predicted octanol–water partition coefficient (Wildman–Crippen LogP) is 2.23. The van der Waals surface area contributed by atoms with Crippen LogP contribution in [0.1, 0.15) is 0 Å². The third-order valence-corrected chi connectivity index (χ3v) is 2.48. The fourth-order valence-corrected chi connectivity index (χ4v) is 1.36. The van der Waals surface area contributed by atoms with Crippen molar-refractivity contribution in [3.63, 3.8) is 0 Å². The van der Waals surface area contributed by atoms with E-state index in [1.165, 1.54) is 0 Å². The zero-order chi connectivity index (χ0) is 8.43. The number of nitrogens with two attached hydrogens (primary N) is 2. The van der Waals surface area contributed by atoms with Crippen LogP contribution in [-0.2, 0) is 0 Å². The summed E-state index contributed by atoms with van der Waals surface area (Å²) in [7, 11) is 0. The molecule has 0 atom stereocenters. The molecule has 60 valence electrons. The molecule has 11 heavy (non-hydrogen) atoms. The molecule has 0 aliphatic heterocycles. The Morgan fingerprint density at radius 3 is 2.09 bits per heavy atom. The van der Waals surface area contributed by atoms with Crippen molar-refractivity contribution < 1.29 is 0 Å². The van der Waals surface area contributed by atoms with E-state index in [0.29, 0.717) is 16.4 Å². The standard InChI is InChI=1S/C7H9ClN2S/c1-11-4-2-5(9)7(8)6(10)3-4/h2-3H,9-10H2,1H3. The van der Waals surface area contributed by atoms with E-state index in [0.717, 1.165) is 4.90 Å². The lowest BCUT2D eigenvalue weighted by Crippen LogP contribution is -1.92. The van der Waals surface area contributed by atoms with Crippen molar-refractivity contribution in [1.29, 1.82) is 0 Å². The summed E-state index contributed by atoms with van der Waals surface area (Å²) in [5.74, 6) is 0. The molecule has 0 heterocycles. The van der Waals surface area contributed by atoms with Crippen LogP contribution < -0.4 is 11.5 Å². The Kier molecular flexibility index (Phi) is 2.52. The molecule has 0 aliphatic carbocycles. The van der Waals surface area contributed by atoms with E-state index >= 15 is 0 Å². The van der Waals surface area contributed by atoms with Gasteiger partial charge in [0, 0.05) is 4.90 Å². The van der Waals surface area contributed by atoms with Crippen LogP contribution in [-0.4, -0.2) is 6.26 Å². The monoisotopic (exact) mass is 188 g/mol. The maximum absolute atomic E-state index is 5.75. The van der Waals surface area contributed by atoms with Crippen LogP contribution in [0, 0.1) is 0 Å². The topological polar surface area (TPSA) is 52.0 Å². The largest absolute Gasteiger partial charge is 0.397 e. The minimum atomic E-state index is 0.447. The number of hydrogen-bond acceptors (Lipinski definition) is 3. The van der Waals surface area contributed by atoms with Gasteiger partial charge in [0.25, 0.3) is 0 Å². The smallest absolute Gasteiger partial charge is 0.0865 e. The molecule has 0 aliphatic rings. The molecule has 1 rings (SSSR count). The summed E-state index contributed by atoms with van der Waals surface area (Å²) in [6.07, 6.45) is 1.96. The Morgan fingerprint density at radius 2 is 1.73 bits per heavy atom. The molecule has 4 N–H and O–H groups in total. The molecule has 1 aromatic rings. The number of hydrogen-bond donors (Lipinski definition) is 2. The predicted molar refractivity (Wildman–Crippen MR) is 52.1 cm³/mol. The van der Waals surface area contributed by atoms with Crippen LogP contribution in [0.2, 0.25) is 5.02 Å². The summed E-state index contributed by atoms with van der Waals surface area (Å²) < 4.78 is 0. The van der Waals surface area contributed by atoms with Gasteiger partial charge in [0.1, 0.15) is 0 Å². The van der Waals surface area contributed by atoms with Crippen molar-refractivity contribution in [2.75, 3.05) is 17.7 Å². The Hall–Kier alpha value is -0.540. The lowest BCUT2D eigenvalue weighted by atomic mass is 10.3. The van der Waals surface area contributed by atoms with Crippen LogP contribution in [0.5, 0.6) is 0 Å². The van der Waals surface area contributed by atoms with Gasteiger partial charge >= 0.3 is 0 Å². The van der Waals surface area contributed by atoms with Gasteiger partial charge in [0.15, 0.2) is 0 Å². The van der Waals surface area contributed by atoms with E-state index < -0.39 is 0 Å². The molecule has 0 aromatic heterocycles. The number of nitrogen functional groups attached to an aromatic ring is 2. The lowest BCUT2D eigenvalue weighted by molar-refractivity contribution is 1.47. The molecular formula is C7H9ClN2S. The molecule has 2 nitrogen and oxygen atoms in total. The summed E-state index contributed by atoms with van der Waals surface area (Å²) in [6.45, 7) is 0. The van der Waals surface area contributed by atoms with Crippen molar-refractivity contribution in [2.24, 2.45) is 0 Å². The second kappa shape index (κ2) is 3.24. The molecule has 0 fully saturated rings. The second-order valence-electron chi connectivity index (χ2n) is 2.12. The van der Waals surface area contributed by atoms with E-state index in [2.05, 4.69) is 0 Å². The van der Waals surface area contributed by atoms with Crippen LogP contribution >= 0.6 is 23.4 Å². The number of thioether (sulfide) groups is 1. The van der Waals surface area contributed by atoms with Gasteiger partial charge in [-0.1, -0.05) is 11.6 Å². The molecular weight excluding hydrogens is 180 g/mol. The van der Waals surface area contributed by atoms with Crippen molar-refractivity contribution in [1.82, 2.24) is 0 Å². The second-order valence-corrected chi connectivity index (χ2v) is 3.38. The molecule has 0 radical (unpaired) electrons. The SMILES string of the molecule is CSc1cc(N)c(Cl)c(N)c1. The molecule has 1 aromatic carbocycles. The number of anilines is 2. The van der Waals surface area contributed by atoms with Gasteiger partial charge in [-0.15, -0.1) is 11.8 Å². The van der Waals surface area contributed by atoms with Gasteiger partial charge in [-0.3, -0.25) is 0 Å². The molecule has 0 saturated heterocycles. The summed E-state index contributed by atoms with van der Waals surface area (Å²) in [6, 6.07) is 3.62. The fourth-order valence-electron chi connectivity index (χ4n) is 0.759. The Balaban J connectivity index is 3.21. The van der Waals surface area contributed by atoms with E-state index in [1.54, 1.807) is 11.8 Å². The van der Waals surface area contributed by atoms with Gasteiger partial charge < -0.3 is 11.5 Å². The maximum atomic E-state index is 5.75. The fraction of sp³-hybridized carbons (Fsp3) is 0.143. The Bertz CT molecular complexity index is 252. The van der Waals surface area contributed by atoms with E-state index in [-0.39, 0.29) is 0 Å². The summed E-state index contributed by atoms with van der Waals surface area (Å²) in [5.41, 5.74) is 12.2. The van der Waals surface area contributed by atoms with E-state index in [4.69, 9.17) is 23.1 Å². The highest BCUT2D eigenvalue weighted by Crippen LogP contribution is 2.30. The highest BCUT2D eigenvalue weighted by atomic mass is 35.5. The number of benzene rings is 1. The third-order valence-electron chi connectivity index (χ3n) is 1.34. The minimum absolute atomic E-state index is 0.447. The average molecular weight is 189 g/mol. The zero-order valence-corrected chi connectivity index (χ0v) is 7.67. The van der Waals surface area contributed by atoms with Gasteiger partial charge in [-0.2, -0.15) is 0 Å². The van der Waals surface area contributed by atoms with Crippen molar-refractivity contribution >= 4 is 34.7 Å². The third kappa shape index (κ3) is 1.73. The normalized spacial score (nSPS) is 10.0. The molecule has 0 unspecified atom stereocenters. The van der Waals surface area contributed by atoms with Crippen LogP contribution in [0.3, 0.4) is 0 Å².